The summed E-state index contributed by atoms with van der Waals surface area (Å²) in [6, 6.07) is -0.608. The molecular formula is C8H13F2N. The van der Waals surface area contributed by atoms with Gasteiger partial charge in [0.2, 0.25) is 0 Å². The number of hydrogen-bond donors (Lipinski definition) is 1. The predicted molar refractivity (Wildman–Crippen MR) is 40.8 cm³/mol. The van der Waals surface area contributed by atoms with E-state index < -0.39 is 12.5 Å². The van der Waals surface area contributed by atoms with Crippen LogP contribution in [0.5, 0.6) is 0 Å². The Morgan fingerprint density at radius 1 is 1.64 bits per heavy atom. The summed E-state index contributed by atoms with van der Waals surface area (Å²) in [4.78, 5) is 0. The number of alkyl halides is 2. The lowest BCUT2D eigenvalue weighted by Gasteiger charge is -2.13. The topological polar surface area (TPSA) is 12.0 Å². The first-order valence-electron chi connectivity index (χ1n) is 3.87. The van der Waals surface area contributed by atoms with Crippen LogP contribution in [0, 0.1) is 0 Å². The summed E-state index contributed by atoms with van der Waals surface area (Å²) in [5.41, 5.74) is 1.21. The van der Waals surface area contributed by atoms with Gasteiger partial charge in [-0.1, -0.05) is 11.6 Å². The lowest BCUT2D eigenvalue weighted by Crippen LogP contribution is -2.34. The van der Waals surface area contributed by atoms with Crippen LogP contribution in [-0.2, 0) is 0 Å². The zero-order valence-corrected chi connectivity index (χ0v) is 6.61. The summed E-state index contributed by atoms with van der Waals surface area (Å²) in [5, 5.41) is 2.79. The van der Waals surface area contributed by atoms with Crippen molar-refractivity contribution in [1.29, 1.82) is 0 Å². The lowest BCUT2D eigenvalue weighted by molar-refractivity contribution is 0.0971. The Kier molecular flexibility index (Phi) is 3.00. The minimum atomic E-state index is -2.23. The highest BCUT2D eigenvalue weighted by molar-refractivity contribution is 5.02. The second kappa shape index (κ2) is 3.81. The molecule has 0 aromatic carbocycles. The van der Waals surface area contributed by atoms with Gasteiger partial charge in [0, 0.05) is 6.54 Å². The normalized spacial score (nSPS) is 26.5. The van der Waals surface area contributed by atoms with Crippen LogP contribution in [0.2, 0.25) is 0 Å². The fourth-order valence-corrected chi connectivity index (χ4v) is 1.19. The standard InChI is InChI=1S/C8H13F2N/c1-6-2-3-7(8(9)10)11-5-4-6/h4,7-8,11H,2-3,5H2,1H3/t7-/m1/s1. The third-order valence-corrected chi connectivity index (χ3v) is 1.98. The van der Waals surface area contributed by atoms with Gasteiger partial charge in [-0.2, -0.15) is 0 Å². The molecule has 0 radical (unpaired) electrons. The molecule has 1 N–H and O–H groups in total. The first kappa shape index (κ1) is 8.65. The Bertz CT molecular complexity index is 154. The Labute approximate surface area is 65.5 Å². The van der Waals surface area contributed by atoms with Crippen molar-refractivity contribution in [2.45, 2.75) is 32.2 Å². The minimum Gasteiger partial charge on any atom is -0.305 e. The average Bonchev–Trinajstić information content (AvgIpc) is 2.13. The van der Waals surface area contributed by atoms with E-state index in [9.17, 15) is 8.78 Å². The van der Waals surface area contributed by atoms with Crippen LogP contribution in [0.3, 0.4) is 0 Å². The predicted octanol–water partition coefficient (Wildman–Crippen LogP) is 1.95. The molecule has 1 heterocycles. The number of nitrogens with one attached hydrogen (secondary N) is 1. The van der Waals surface area contributed by atoms with Crippen LogP contribution in [0.4, 0.5) is 8.78 Å². The summed E-state index contributed by atoms with van der Waals surface area (Å²) < 4.78 is 24.3. The molecule has 0 aliphatic carbocycles. The molecule has 1 aliphatic rings. The third kappa shape index (κ3) is 2.58. The largest absolute Gasteiger partial charge is 0.305 e. The van der Waals surface area contributed by atoms with Crippen LogP contribution in [-0.4, -0.2) is 19.0 Å². The van der Waals surface area contributed by atoms with E-state index in [-0.39, 0.29) is 0 Å². The molecule has 1 atom stereocenters. The van der Waals surface area contributed by atoms with Crippen molar-refractivity contribution >= 4 is 0 Å². The molecule has 0 aromatic heterocycles. The monoisotopic (exact) mass is 161 g/mol. The molecule has 3 heteroatoms. The van der Waals surface area contributed by atoms with E-state index in [4.69, 9.17) is 0 Å². The van der Waals surface area contributed by atoms with Crippen molar-refractivity contribution in [3.8, 4) is 0 Å². The molecule has 0 spiro atoms. The van der Waals surface area contributed by atoms with Crippen LogP contribution in [0.1, 0.15) is 19.8 Å². The summed E-state index contributed by atoms with van der Waals surface area (Å²) >= 11 is 0. The van der Waals surface area contributed by atoms with Gasteiger partial charge in [-0.3, -0.25) is 0 Å². The molecule has 64 valence electrons. The third-order valence-electron chi connectivity index (χ3n) is 1.98. The van der Waals surface area contributed by atoms with Gasteiger partial charge in [0.1, 0.15) is 0 Å². The maximum atomic E-state index is 12.1. The maximum absolute atomic E-state index is 12.1. The molecule has 0 aromatic rings. The molecule has 0 unspecified atom stereocenters. The van der Waals surface area contributed by atoms with E-state index in [1.807, 2.05) is 13.0 Å². The van der Waals surface area contributed by atoms with Crippen molar-refractivity contribution in [2.24, 2.45) is 0 Å². The van der Waals surface area contributed by atoms with Gasteiger partial charge < -0.3 is 5.32 Å². The summed E-state index contributed by atoms with van der Waals surface area (Å²) in [7, 11) is 0. The SMILES string of the molecule is CC1=CCN[C@@H](C(F)F)CC1. The molecule has 0 saturated heterocycles. The van der Waals surface area contributed by atoms with Gasteiger partial charge in [0.25, 0.3) is 6.43 Å². The van der Waals surface area contributed by atoms with E-state index in [1.165, 1.54) is 5.57 Å². The second-order valence-electron chi connectivity index (χ2n) is 2.94. The molecule has 1 nitrogen and oxygen atoms in total. The van der Waals surface area contributed by atoms with Crippen molar-refractivity contribution in [1.82, 2.24) is 5.32 Å². The molecule has 0 amide bonds. The summed E-state index contributed by atoms with van der Waals surface area (Å²) in [6.07, 6.45) is 1.10. The number of allylic oxidation sites excluding steroid dienone is 1. The smallest absolute Gasteiger partial charge is 0.253 e. The van der Waals surface area contributed by atoms with Gasteiger partial charge in [-0.25, -0.2) is 8.78 Å². The van der Waals surface area contributed by atoms with Gasteiger partial charge in [0.05, 0.1) is 6.04 Å². The van der Waals surface area contributed by atoms with Crippen LogP contribution in [0.25, 0.3) is 0 Å². The van der Waals surface area contributed by atoms with Gasteiger partial charge in [0.15, 0.2) is 0 Å². The number of rotatable bonds is 1. The zero-order valence-electron chi connectivity index (χ0n) is 6.61. The highest BCUT2D eigenvalue weighted by Gasteiger charge is 2.20. The minimum absolute atomic E-state index is 0.556. The molecule has 0 fully saturated rings. The Morgan fingerprint density at radius 3 is 3.00 bits per heavy atom. The van der Waals surface area contributed by atoms with Crippen molar-refractivity contribution in [3.63, 3.8) is 0 Å². The number of halogens is 2. The highest BCUT2D eigenvalue weighted by Crippen LogP contribution is 2.14. The molecule has 11 heavy (non-hydrogen) atoms. The number of hydrogen-bond acceptors (Lipinski definition) is 1. The molecular weight excluding hydrogens is 148 g/mol. The van der Waals surface area contributed by atoms with Crippen LogP contribution < -0.4 is 5.32 Å². The van der Waals surface area contributed by atoms with Crippen molar-refractivity contribution in [3.05, 3.63) is 11.6 Å². The van der Waals surface area contributed by atoms with Crippen molar-refractivity contribution in [2.75, 3.05) is 6.54 Å². The summed E-state index contributed by atoms with van der Waals surface area (Å²) in [5.74, 6) is 0. The zero-order chi connectivity index (χ0) is 8.27. The van der Waals surface area contributed by atoms with Gasteiger partial charge >= 0.3 is 0 Å². The van der Waals surface area contributed by atoms with E-state index in [2.05, 4.69) is 5.32 Å². The Balaban J connectivity index is 2.41. The first-order chi connectivity index (χ1) is 5.20. The fraction of sp³-hybridized carbons (Fsp3) is 0.750. The summed E-state index contributed by atoms with van der Waals surface area (Å²) in [6.45, 7) is 2.57. The van der Waals surface area contributed by atoms with E-state index in [0.29, 0.717) is 13.0 Å². The van der Waals surface area contributed by atoms with Crippen LogP contribution in [0.15, 0.2) is 11.6 Å². The van der Waals surface area contributed by atoms with E-state index >= 15 is 0 Å². The molecule has 1 aliphatic heterocycles. The molecule has 0 saturated carbocycles. The maximum Gasteiger partial charge on any atom is 0.253 e. The Morgan fingerprint density at radius 2 is 2.36 bits per heavy atom. The molecule has 1 rings (SSSR count). The molecule has 0 bridgehead atoms. The van der Waals surface area contributed by atoms with Crippen molar-refractivity contribution < 1.29 is 8.78 Å². The Hall–Kier alpha value is -0.440. The highest BCUT2D eigenvalue weighted by atomic mass is 19.3. The van der Waals surface area contributed by atoms with E-state index in [0.717, 1.165) is 6.42 Å². The first-order valence-corrected chi connectivity index (χ1v) is 3.87. The van der Waals surface area contributed by atoms with Gasteiger partial charge in [-0.05, 0) is 19.8 Å². The van der Waals surface area contributed by atoms with E-state index in [1.54, 1.807) is 0 Å². The fourth-order valence-electron chi connectivity index (χ4n) is 1.19. The lowest BCUT2D eigenvalue weighted by atomic mass is 10.1. The van der Waals surface area contributed by atoms with Crippen LogP contribution >= 0.6 is 0 Å². The second-order valence-corrected chi connectivity index (χ2v) is 2.94. The van der Waals surface area contributed by atoms with Gasteiger partial charge in [-0.15, -0.1) is 0 Å². The average molecular weight is 161 g/mol. The quantitative estimate of drug-likeness (QED) is 0.579.